The lowest BCUT2D eigenvalue weighted by atomic mass is 9.72. The van der Waals surface area contributed by atoms with Crippen molar-refractivity contribution in [1.82, 2.24) is 5.06 Å². The summed E-state index contributed by atoms with van der Waals surface area (Å²) in [6.45, 7) is 16.9. The van der Waals surface area contributed by atoms with Crippen molar-refractivity contribution < 1.29 is 18.7 Å². The first kappa shape index (κ1) is 30.6. The van der Waals surface area contributed by atoms with Gasteiger partial charge in [0.15, 0.2) is 6.29 Å². The quantitative estimate of drug-likeness (QED) is 0.207. The summed E-state index contributed by atoms with van der Waals surface area (Å²) in [6, 6.07) is 13.7. The molecule has 4 nitrogen and oxygen atoms in total. The Hall–Kier alpha value is -2.31. The van der Waals surface area contributed by atoms with Gasteiger partial charge in [0.2, 0.25) is 0 Å². The van der Waals surface area contributed by atoms with Gasteiger partial charge in [0.25, 0.3) is 0 Å². The highest BCUT2D eigenvalue weighted by atomic mass is 19.1. The number of rotatable bonds is 11. The molecule has 2 saturated heterocycles. The van der Waals surface area contributed by atoms with Crippen molar-refractivity contribution in [3.05, 3.63) is 84.2 Å². The zero-order valence-corrected chi connectivity index (χ0v) is 25.1. The van der Waals surface area contributed by atoms with Crippen LogP contribution in [0.1, 0.15) is 96.5 Å². The van der Waals surface area contributed by atoms with Crippen molar-refractivity contribution >= 4 is 0 Å². The van der Waals surface area contributed by atoms with E-state index in [1.165, 1.54) is 5.56 Å². The first-order chi connectivity index (χ1) is 19.1. The van der Waals surface area contributed by atoms with Crippen LogP contribution in [0.5, 0.6) is 0 Å². The number of piperidine rings is 1. The van der Waals surface area contributed by atoms with Gasteiger partial charge in [-0.1, -0.05) is 68.0 Å². The number of hydrogen-bond donors (Lipinski definition) is 0. The van der Waals surface area contributed by atoms with E-state index in [-0.39, 0.29) is 22.8 Å². The van der Waals surface area contributed by atoms with Gasteiger partial charge in [-0.3, -0.25) is 4.84 Å². The average molecular weight is 550 g/mol. The highest BCUT2D eigenvalue weighted by Crippen LogP contribution is 2.46. The van der Waals surface area contributed by atoms with E-state index in [1.807, 2.05) is 18.2 Å². The molecule has 2 aliphatic rings. The molecule has 0 atom stereocenters. The molecule has 0 unspecified atom stereocenters. The van der Waals surface area contributed by atoms with Crippen molar-refractivity contribution in [3.63, 3.8) is 0 Å². The van der Waals surface area contributed by atoms with E-state index in [1.54, 1.807) is 6.07 Å². The molecule has 2 aromatic rings. The predicted octanol–water partition coefficient (Wildman–Crippen LogP) is 9.15. The Bertz CT molecular complexity index is 1110. The molecule has 0 saturated carbocycles. The van der Waals surface area contributed by atoms with Crippen LogP contribution in [0.25, 0.3) is 11.1 Å². The summed E-state index contributed by atoms with van der Waals surface area (Å²) in [5.41, 5.74) is 3.32. The van der Waals surface area contributed by atoms with Gasteiger partial charge in [-0.05, 0) is 82.9 Å². The smallest absolute Gasteiger partial charge is 0.183 e. The van der Waals surface area contributed by atoms with Crippen molar-refractivity contribution in [2.24, 2.45) is 5.92 Å². The van der Waals surface area contributed by atoms with E-state index in [0.717, 1.165) is 50.7 Å². The Morgan fingerprint density at radius 3 is 2.23 bits per heavy atom. The molecule has 0 radical (unpaired) electrons. The maximum absolute atomic E-state index is 15.3. The molecule has 0 aliphatic carbocycles. The topological polar surface area (TPSA) is 30.9 Å². The van der Waals surface area contributed by atoms with Crippen molar-refractivity contribution in [1.29, 1.82) is 0 Å². The predicted molar refractivity (Wildman–Crippen MR) is 161 cm³/mol. The van der Waals surface area contributed by atoms with Gasteiger partial charge in [-0.2, -0.15) is 5.06 Å². The largest absolute Gasteiger partial charge is 0.348 e. The maximum atomic E-state index is 15.3. The SMILES string of the molecule is C=CCC/C=C/C1COC(c2ccc(-c3ccc(C4CC(C)(C)N(OCCCC)C(C)(C)C4)cc3)c(F)c2)OC1. The van der Waals surface area contributed by atoms with Gasteiger partial charge >= 0.3 is 0 Å². The number of hydrogen-bond acceptors (Lipinski definition) is 4. The monoisotopic (exact) mass is 549 g/mol. The third-order valence-corrected chi connectivity index (χ3v) is 8.14. The number of halogens is 1. The lowest BCUT2D eigenvalue weighted by molar-refractivity contribution is -0.283. The van der Waals surface area contributed by atoms with E-state index in [9.17, 15) is 0 Å². The Labute approximate surface area is 241 Å². The van der Waals surface area contributed by atoms with Crippen LogP contribution in [0, 0.1) is 11.7 Å². The van der Waals surface area contributed by atoms with Crippen molar-refractivity contribution in [2.45, 2.75) is 96.4 Å². The number of ether oxygens (including phenoxy) is 2. The summed E-state index contributed by atoms with van der Waals surface area (Å²) < 4.78 is 27.1. The van der Waals surface area contributed by atoms with Gasteiger partial charge < -0.3 is 9.47 Å². The van der Waals surface area contributed by atoms with Crippen LogP contribution in [-0.4, -0.2) is 36.0 Å². The second-order valence-corrected chi connectivity index (χ2v) is 12.6. The van der Waals surface area contributed by atoms with Crippen molar-refractivity contribution in [3.8, 4) is 11.1 Å². The molecule has 2 fully saturated rings. The van der Waals surface area contributed by atoms with Crippen LogP contribution in [0.2, 0.25) is 0 Å². The zero-order valence-electron chi connectivity index (χ0n) is 25.1. The molecule has 0 spiro atoms. The second kappa shape index (κ2) is 13.6. The highest BCUT2D eigenvalue weighted by Gasteiger charge is 2.46. The molecule has 0 aromatic heterocycles. The molecule has 0 amide bonds. The van der Waals surface area contributed by atoms with E-state index < -0.39 is 6.29 Å². The summed E-state index contributed by atoms with van der Waals surface area (Å²) >= 11 is 0. The van der Waals surface area contributed by atoms with E-state index >= 15 is 4.39 Å². The third-order valence-electron chi connectivity index (χ3n) is 8.14. The molecule has 218 valence electrons. The first-order valence-corrected chi connectivity index (χ1v) is 15.0. The lowest BCUT2D eigenvalue weighted by Gasteiger charge is -2.54. The van der Waals surface area contributed by atoms with Crippen LogP contribution in [0.4, 0.5) is 4.39 Å². The summed E-state index contributed by atoms with van der Waals surface area (Å²) in [6.07, 6.45) is 11.8. The number of nitrogens with zero attached hydrogens (tertiary/aromatic N) is 1. The van der Waals surface area contributed by atoms with Gasteiger partial charge in [-0.15, -0.1) is 6.58 Å². The summed E-state index contributed by atoms with van der Waals surface area (Å²) in [7, 11) is 0. The maximum Gasteiger partial charge on any atom is 0.183 e. The number of benzene rings is 2. The standard InChI is InChI=1S/C35H48FNO3/c1-7-9-11-12-13-26-24-38-33(39-25-26)29-18-19-31(32(36)21-29)28-16-14-27(15-17-28)30-22-34(3,4)37(35(5,6)23-30)40-20-10-8-2/h7,12-19,21,26,30,33H,1,8-11,20,22-25H2,2-6H3/b13-12+. The zero-order chi connectivity index (χ0) is 28.8. The average Bonchev–Trinajstić information content (AvgIpc) is 2.92. The van der Waals surface area contributed by atoms with E-state index in [4.69, 9.17) is 14.3 Å². The third kappa shape index (κ3) is 7.50. The van der Waals surface area contributed by atoms with E-state index in [0.29, 0.717) is 30.3 Å². The molecule has 0 bridgehead atoms. The van der Waals surface area contributed by atoms with Gasteiger partial charge in [0, 0.05) is 28.1 Å². The molecular formula is C35H48FNO3. The number of allylic oxidation sites excluding steroid dienone is 2. The molecular weight excluding hydrogens is 501 g/mol. The van der Waals surface area contributed by atoms with Gasteiger partial charge in [0.05, 0.1) is 19.8 Å². The van der Waals surface area contributed by atoms with Crippen LogP contribution >= 0.6 is 0 Å². The molecule has 2 aliphatic heterocycles. The molecule has 2 aromatic carbocycles. The van der Waals surface area contributed by atoms with Gasteiger partial charge in [0.1, 0.15) is 5.82 Å². The van der Waals surface area contributed by atoms with Gasteiger partial charge in [-0.25, -0.2) is 4.39 Å². The fourth-order valence-electron chi connectivity index (χ4n) is 6.32. The minimum Gasteiger partial charge on any atom is -0.348 e. The molecule has 5 heteroatoms. The molecule has 40 heavy (non-hydrogen) atoms. The van der Waals surface area contributed by atoms with E-state index in [2.05, 4.69) is 82.7 Å². The van der Waals surface area contributed by atoms with Crippen LogP contribution in [0.15, 0.2) is 67.3 Å². The summed E-state index contributed by atoms with van der Waals surface area (Å²) in [5.74, 6) is 0.378. The van der Waals surface area contributed by atoms with Crippen LogP contribution in [0.3, 0.4) is 0 Å². The molecule has 0 N–H and O–H groups in total. The first-order valence-electron chi connectivity index (χ1n) is 15.0. The number of hydroxylamine groups is 2. The Balaban J connectivity index is 1.39. The normalized spacial score (nSPS) is 23.4. The lowest BCUT2D eigenvalue weighted by Crippen LogP contribution is -2.59. The summed E-state index contributed by atoms with van der Waals surface area (Å²) in [5, 5.41) is 2.23. The minimum absolute atomic E-state index is 0.0775. The van der Waals surface area contributed by atoms with Crippen molar-refractivity contribution in [2.75, 3.05) is 19.8 Å². The minimum atomic E-state index is -0.535. The Morgan fingerprint density at radius 1 is 0.975 bits per heavy atom. The Morgan fingerprint density at radius 2 is 1.62 bits per heavy atom. The van der Waals surface area contributed by atoms with Crippen LogP contribution < -0.4 is 0 Å². The fourth-order valence-corrected chi connectivity index (χ4v) is 6.32. The Kier molecular flexibility index (Phi) is 10.4. The molecule has 4 rings (SSSR count). The highest BCUT2D eigenvalue weighted by molar-refractivity contribution is 5.65. The summed E-state index contributed by atoms with van der Waals surface area (Å²) in [4.78, 5) is 6.28. The fraction of sp³-hybridized carbons (Fsp3) is 0.543. The number of unbranched alkanes of at least 4 members (excludes halogenated alkanes) is 2. The van der Waals surface area contributed by atoms with Crippen LogP contribution in [-0.2, 0) is 14.3 Å². The second-order valence-electron chi connectivity index (χ2n) is 12.6. The molecule has 2 heterocycles.